The molecule has 0 bridgehead atoms. The van der Waals surface area contributed by atoms with Crippen molar-refractivity contribution in [3.05, 3.63) is 34.9 Å². The van der Waals surface area contributed by atoms with E-state index in [9.17, 15) is 26.7 Å². The monoisotopic (exact) mass is 330 g/mol. The zero-order chi connectivity index (χ0) is 13.9. The number of alkyl halides is 6. The summed E-state index contributed by atoms with van der Waals surface area (Å²) < 4.78 is 62.4. The van der Waals surface area contributed by atoms with Gasteiger partial charge in [-0.3, -0.25) is 4.79 Å². The van der Waals surface area contributed by atoms with Gasteiger partial charge in [0.1, 0.15) is 5.78 Å². The van der Waals surface area contributed by atoms with E-state index in [1.165, 1.54) is 0 Å². The van der Waals surface area contributed by atoms with Crippen LogP contribution in [0.2, 0.25) is 0 Å². The second kappa shape index (κ2) is 5.77. The second-order valence-corrected chi connectivity index (χ2v) is 4.17. The van der Waals surface area contributed by atoms with Gasteiger partial charge in [0.25, 0.3) is 6.43 Å². The van der Waals surface area contributed by atoms with Crippen LogP contribution in [-0.2, 0) is 17.4 Å². The maximum absolute atomic E-state index is 12.5. The second-order valence-electron chi connectivity index (χ2n) is 3.61. The topological polar surface area (TPSA) is 17.1 Å². The number of benzene rings is 1. The van der Waals surface area contributed by atoms with Gasteiger partial charge >= 0.3 is 6.18 Å². The summed E-state index contributed by atoms with van der Waals surface area (Å²) in [4.78, 5) is 11.1. The quantitative estimate of drug-likeness (QED) is 0.598. The Hall–Kier alpha value is -0.980. The molecule has 1 aromatic carbocycles. The molecular formula is C11H8BrF5O. The molecule has 0 heterocycles. The van der Waals surface area contributed by atoms with E-state index in [1.807, 2.05) is 0 Å². The maximum Gasteiger partial charge on any atom is 0.416 e. The molecule has 1 rings (SSSR count). The number of carbonyl (C=O) groups is 1. The lowest BCUT2D eigenvalue weighted by Crippen LogP contribution is -2.09. The molecule has 0 aliphatic carbocycles. The molecule has 7 heteroatoms. The van der Waals surface area contributed by atoms with Crippen molar-refractivity contribution >= 4 is 21.7 Å². The summed E-state index contributed by atoms with van der Waals surface area (Å²) in [7, 11) is 0. The average Bonchev–Trinajstić information content (AvgIpc) is 2.27. The van der Waals surface area contributed by atoms with Crippen molar-refractivity contribution in [1.82, 2.24) is 0 Å². The minimum absolute atomic E-state index is 0.0345. The highest BCUT2D eigenvalue weighted by atomic mass is 79.9. The Morgan fingerprint density at radius 3 is 2.28 bits per heavy atom. The molecule has 1 aromatic rings. The number of hydrogen-bond donors (Lipinski definition) is 0. The third-order valence-corrected chi connectivity index (χ3v) is 2.77. The lowest BCUT2D eigenvalue weighted by Gasteiger charge is -2.11. The van der Waals surface area contributed by atoms with Gasteiger partial charge in [-0.1, -0.05) is 15.9 Å². The Morgan fingerprint density at radius 1 is 1.22 bits per heavy atom. The van der Waals surface area contributed by atoms with Crippen LogP contribution in [0.1, 0.15) is 23.1 Å². The third-order valence-electron chi connectivity index (χ3n) is 2.14. The predicted molar refractivity (Wildman–Crippen MR) is 58.9 cm³/mol. The Kier molecular flexibility index (Phi) is 4.84. The normalized spacial score (nSPS) is 11.9. The molecule has 0 fully saturated rings. The summed E-state index contributed by atoms with van der Waals surface area (Å²) in [6, 6.07) is 2.03. The molecule has 0 atom stereocenters. The van der Waals surface area contributed by atoms with Crippen LogP contribution >= 0.6 is 15.9 Å². The van der Waals surface area contributed by atoms with Crippen molar-refractivity contribution in [2.75, 3.05) is 5.33 Å². The van der Waals surface area contributed by atoms with Gasteiger partial charge in [-0.2, -0.15) is 13.2 Å². The molecule has 1 nitrogen and oxygen atoms in total. The van der Waals surface area contributed by atoms with Crippen LogP contribution in [-0.4, -0.2) is 11.1 Å². The molecule has 0 saturated carbocycles. The summed E-state index contributed by atoms with van der Waals surface area (Å²) in [5.74, 6) is -0.380. The molecule has 0 aliphatic heterocycles. The van der Waals surface area contributed by atoms with Crippen LogP contribution in [0.4, 0.5) is 22.0 Å². The Balaban J connectivity index is 3.18. The number of ketones is 1. The minimum Gasteiger partial charge on any atom is -0.298 e. The fraction of sp³-hybridized carbons (Fsp3) is 0.364. The van der Waals surface area contributed by atoms with Crippen LogP contribution < -0.4 is 0 Å². The van der Waals surface area contributed by atoms with Crippen LogP contribution in [0.5, 0.6) is 0 Å². The fourth-order valence-corrected chi connectivity index (χ4v) is 1.58. The molecule has 0 aliphatic rings. The van der Waals surface area contributed by atoms with Crippen molar-refractivity contribution in [1.29, 1.82) is 0 Å². The van der Waals surface area contributed by atoms with Gasteiger partial charge in [-0.25, -0.2) is 8.78 Å². The highest BCUT2D eigenvalue weighted by molar-refractivity contribution is 9.09. The van der Waals surface area contributed by atoms with Gasteiger partial charge in [0.15, 0.2) is 0 Å². The molecule has 0 N–H and O–H groups in total. The predicted octanol–water partition coefficient (Wildman–Crippen LogP) is 4.15. The van der Waals surface area contributed by atoms with E-state index in [0.717, 1.165) is 6.07 Å². The molecule has 18 heavy (non-hydrogen) atoms. The standard InChI is InChI=1S/C11H8BrF5O/c12-5-9(18)3-6-1-7(10(13)14)4-8(2-6)11(15,16)17/h1-2,4,10H,3,5H2. The number of hydrogen-bond acceptors (Lipinski definition) is 1. The van der Waals surface area contributed by atoms with Crippen LogP contribution in [0, 0.1) is 0 Å². The Morgan fingerprint density at radius 2 is 1.83 bits per heavy atom. The van der Waals surface area contributed by atoms with E-state index in [4.69, 9.17) is 0 Å². The van der Waals surface area contributed by atoms with Crippen LogP contribution in [0.3, 0.4) is 0 Å². The highest BCUT2D eigenvalue weighted by Crippen LogP contribution is 2.33. The number of halogens is 6. The lowest BCUT2D eigenvalue weighted by atomic mass is 10.0. The zero-order valence-electron chi connectivity index (χ0n) is 8.90. The first-order valence-corrected chi connectivity index (χ1v) is 5.93. The number of carbonyl (C=O) groups excluding carboxylic acids is 1. The molecule has 0 saturated heterocycles. The summed E-state index contributed by atoms with van der Waals surface area (Å²) in [6.07, 6.45) is -8.03. The summed E-state index contributed by atoms with van der Waals surface area (Å²) in [5, 5.41) is -0.0345. The fourth-order valence-electron chi connectivity index (χ4n) is 1.39. The summed E-state index contributed by atoms with van der Waals surface area (Å²) in [5.41, 5.74) is -1.97. The van der Waals surface area contributed by atoms with Crippen molar-refractivity contribution in [3.8, 4) is 0 Å². The molecule has 0 unspecified atom stereocenters. The van der Waals surface area contributed by atoms with E-state index >= 15 is 0 Å². The number of rotatable bonds is 4. The van der Waals surface area contributed by atoms with Gasteiger partial charge in [0, 0.05) is 12.0 Å². The van der Waals surface area contributed by atoms with E-state index in [-0.39, 0.29) is 23.1 Å². The Bertz CT molecular complexity index is 442. The minimum atomic E-state index is -4.71. The zero-order valence-corrected chi connectivity index (χ0v) is 10.5. The van der Waals surface area contributed by atoms with Gasteiger partial charge in [0.05, 0.1) is 10.9 Å². The molecule has 0 amide bonds. The largest absolute Gasteiger partial charge is 0.416 e. The first kappa shape index (κ1) is 15.1. The van der Waals surface area contributed by atoms with Gasteiger partial charge in [-0.05, 0) is 23.8 Å². The van der Waals surface area contributed by atoms with E-state index < -0.39 is 23.7 Å². The van der Waals surface area contributed by atoms with Crippen molar-refractivity contribution in [2.45, 2.75) is 19.0 Å². The van der Waals surface area contributed by atoms with Gasteiger partial charge in [0.2, 0.25) is 0 Å². The molecular weight excluding hydrogens is 323 g/mol. The molecule has 0 aromatic heterocycles. The average molecular weight is 331 g/mol. The maximum atomic E-state index is 12.5. The first-order valence-electron chi connectivity index (χ1n) is 4.81. The lowest BCUT2D eigenvalue weighted by molar-refractivity contribution is -0.137. The molecule has 0 spiro atoms. The van der Waals surface area contributed by atoms with Crippen molar-refractivity contribution in [3.63, 3.8) is 0 Å². The van der Waals surface area contributed by atoms with Crippen molar-refractivity contribution < 1.29 is 26.7 Å². The SMILES string of the molecule is O=C(CBr)Cc1cc(C(F)F)cc(C(F)(F)F)c1. The molecule has 0 radical (unpaired) electrons. The van der Waals surface area contributed by atoms with E-state index in [0.29, 0.717) is 12.1 Å². The summed E-state index contributed by atoms with van der Waals surface area (Å²) in [6.45, 7) is 0. The summed E-state index contributed by atoms with van der Waals surface area (Å²) >= 11 is 2.86. The Labute approximate surface area is 108 Å². The van der Waals surface area contributed by atoms with Crippen LogP contribution in [0.15, 0.2) is 18.2 Å². The van der Waals surface area contributed by atoms with Crippen molar-refractivity contribution in [2.24, 2.45) is 0 Å². The molecule has 100 valence electrons. The van der Waals surface area contributed by atoms with E-state index in [1.54, 1.807) is 0 Å². The number of Topliss-reactive ketones (excluding diaryl/α,β-unsaturated/α-hetero) is 1. The first-order chi connectivity index (χ1) is 8.24. The smallest absolute Gasteiger partial charge is 0.298 e. The van der Waals surface area contributed by atoms with Gasteiger partial charge < -0.3 is 0 Å². The van der Waals surface area contributed by atoms with Crippen LogP contribution in [0.25, 0.3) is 0 Å². The van der Waals surface area contributed by atoms with Gasteiger partial charge in [-0.15, -0.1) is 0 Å². The third kappa shape index (κ3) is 4.04. The highest BCUT2D eigenvalue weighted by Gasteiger charge is 2.32. The van der Waals surface area contributed by atoms with E-state index in [2.05, 4.69) is 15.9 Å².